The van der Waals surface area contributed by atoms with E-state index in [4.69, 9.17) is 9.15 Å². The molecule has 5 nitrogen and oxygen atoms in total. The minimum absolute atomic E-state index is 0.407. The molecule has 2 aliphatic rings. The Morgan fingerprint density at radius 2 is 2.04 bits per heavy atom. The highest BCUT2D eigenvalue weighted by Crippen LogP contribution is 2.27. The van der Waals surface area contributed by atoms with Crippen molar-refractivity contribution in [2.24, 2.45) is 5.92 Å². The van der Waals surface area contributed by atoms with E-state index in [1.165, 1.54) is 51.7 Å². The third-order valence-electron chi connectivity index (χ3n) is 5.25. The average Bonchev–Trinajstić information content (AvgIpc) is 3.08. The van der Waals surface area contributed by atoms with E-state index in [-0.39, 0.29) is 0 Å². The Kier molecular flexibility index (Phi) is 6.46. The van der Waals surface area contributed by atoms with Crippen LogP contribution in [-0.4, -0.2) is 47.9 Å². The van der Waals surface area contributed by atoms with Gasteiger partial charge in [0.15, 0.2) is 0 Å². The van der Waals surface area contributed by atoms with Crippen molar-refractivity contribution in [3.63, 3.8) is 0 Å². The first kappa shape index (κ1) is 16.9. The number of aromatic nitrogens is 2. The lowest BCUT2D eigenvalue weighted by Gasteiger charge is -2.32. The summed E-state index contributed by atoms with van der Waals surface area (Å²) < 4.78 is 11.3. The molecule has 130 valence electrons. The molecule has 2 fully saturated rings. The van der Waals surface area contributed by atoms with Crippen LogP contribution in [0.4, 0.5) is 0 Å². The highest BCUT2D eigenvalue weighted by Gasteiger charge is 2.23. The largest absolute Gasteiger partial charge is 0.425 e. The standard InChI is InChI=1S/C18H31N3O2/c1-2-3-10-21-11-4-5-15(14-21)6-7-17-19-20-18(23-17)16-8-12-22-13-9-16/h15-16H,2-14H2,1H3. The Bertz CT molecular complexity index is 457. The highest BCUT2D eigenvalue weighted by molar-refractivity contribution is 4.93. The number of likely N-dealkylation sites (tertiary alicyclic amines) is 1. The van der Waals surface area contributed by atoms with Crippen LogP contribution in [0.1, 0.15) is 69.6 Å². The van der Waals surface area contributed by atoms with Crippen molar-refractivity contribution in [2.75, 3.05) is 32.8 Å². The maximum absolute atomic E-state index is 5.91. The molecule has 5 heteroatoms. The van der Waals surface area contributed by atoms with Crippen molar-refractivity contribution in [3.05, 3.63) is 11.8 Å². The summed E-state index contributed by atoms with van der Waals surface area (Å²) in [6.45, 7) is 7.70. The van der Waals surface area contributed by atoms with E-state index in [1.54, 1.807) is 0 Å². The van der Waals surface area contributed by atoms with E-state index < -0.39 is 0 Å². The molecule has 0 spiro atoms. The molecule has 0 saturated carbocycles. The second-order valence-electron chi connectivity index (χ2n) is 7.12. The molecule has 0 aliphatic carbocycles. The summed E-state index contributed by atoms with van der Waals surface area (Å²) in [5, 5.41) is 8.55. The molecule has 23 heavy (non-hydrogen) atoms. The molecule has 0 N–H and O–H groups in total. The van der Waals surface area contributed by atoms with Gasteiger partial charge in [-0.15, -0.1) is 10.2 Å². The first-order valence-electron chi connectivity index (χ1n) is 9.47. The minimum Gasteiger partial charge on any atom is -0.425 e. The van der Waals surface area contributed by atoms with E-state index in [2.05, 4.69) is 22.0 Å². The van der Waals surface area contributed by atoms with E-state index in [9.17, 15) is 0 Å². The molecule has 2 saturated heterocycles. The van der Waals surface area contributed by atoms with E-state index in [1.807, 2.05) is 0 Å². The van der Waals surface area contributed by atoms with Gasteiger partial charge in [-0.3, -0.25) is 0 Å². The molecule has 1 aromatic heterocycles. The van der Waals surface area contributed by atoms with Gasteiger partial charge >= 0.3 is 0 Å². The number of unbranched alkanes of at least 4 members (excludes halogenated alkanes) is 1. The number of hydrogen-bond donors (Lipinski definition) is 0. The Hall–Kier alpha value is -0.940. The zero-order valence-electron chi connectivity index (χ0n) is 14.5. The SMILES string of the molecule is CCCCN1CCCC(CCc2nnc(C3CCOCC3)o2)C1. The summed E-state index contributed by atoms with van der Waals surface area (Å²) in [5.41, 5.74) is 0. The van der Waals surface area contributed by atoms with Crippen molar-refractivity contribution in [2.45, 2.75) is 64.2 Å². The molecule has 2 aliphatic heterocycles. The van der Waals surface area contributed by atoms with Gasteiger partial charge in [-0.25, -0.2) is 0 Å². The summed E-state index contributed by atoms with van der Waals surface area (Å²) in [7, 11) is 0. The number of nitrogens with zero attached hydrogens (tertiary/aromatic N) is 3. The molecule has 3 rings (SSSR count). The lowest BCUT2D eigenvalue weighted by Crippen LogP contribution is -2.36. The van der Waals surface area contributed by atoms with Gasteiger partial charge in [-0.2, -0.15) is 0 Å². The number of aryl methyl sites for hydroxylation is 1. The smallest absolute Gasteiger partial charge is 0.219 e. The molecule has 3 heterocycles. The first-order valence-corrected chi connectivity index (χ1v) is 9.47. The third-order valence-corrected chi connectivity index (χ3v) is 5.25. The van der Waals surface area contributed by atoms with Crippen LogP contribution < -0.4 is 0 Å². The van der Waals surface area contributed by atoms with Gasteiger partial charge in [0.2, 0.25) is 11.8 Å². The van der Waals surface area contributed by atoms with Gasteiger partial charge in [-0.1, -0.05) is 13.3 Å². The van der Waals surface area contributed by atoms with Gasteiger partial charge in [0, 0.05) is 32.1 Å². The van der Waals surface area contributed by atoms with Crippen molar-refractivity contribution < 1.29 is 9.15 Å². The third kappa shape index (κ3) is 5.01. The molecule has 1 unspecified atom stereocenters. The van der Waals surface area contributed by atoms with Gasteiger partial charge < -0.3 is 14.1 Å². The Balaban J connectivity index is 1.43. The van der Waals surface area contributed by atoms with Gasteiger partial charge in [0.05, 0.1) is 0 Å². The fourth-order valence-electron chi connectivity index (χ4n) is 3.78. The average molecular weight is 321 g/mol. The van der Waals surface area contributed by atoms with Gasteiger partial charge in [0.25, 0.3) is 0 Å². The molecule has 0 radical (unpaired) electrons. The van der Waals surface area contributed by atoms with Crippen molar-refractivity contribution in [1.82, 2.24) is 15.1 Å². The summed E-state index contributed by atoms with van der Waals surface area (Å²) >= 11 is 0. The van der Waals surface area contributed by atoms with Crippen LogP contribution in [0.5, 0.6) is 0 Å². The normalized spacial score (nSPS) is 24.1. The Labute approximate surface area is 139 Å². The van der Waals surface area contributed by atoms with E-state index >= 15 is 0 Å². The lowest BCUT2D eigenvalue weighted by atomic mass is 9.93. The Morgan fingerprint density at radius 1 is 1.17 bits per heavy atom. The fourth-order valence-corrected chi connectivity index (χ4v) is 3.78. The first-order chi connectivity index (χ1) is 11.3. The maximum atomic E-state index is 5.91. The predicted molar refractivity (Wildman–Crippen MR) is 89.5 cm³/mol. The topological polar surface area (TPSA) is 51.4 Å². The van der Waals surface area contributed by atoms with Gasteiger partial charge in [0.1, 0.15) is 0 Å². The van der Waals surface area contributed by atoms with Crippen LogP contribution in [0.25, 0.3) is 0 Å². The van der Waals surface area contributed by atoms with Crippen LogP contribution in [-0.2, 0) is 11.2 Å². The Morgan fingerprint density at radius 3 is 2.87 bits per heavy atom. The molecular weight excluding hydrogens is 290 g/mol. The number of rotatable bonds is 7. The van der Waals surface area contributed by atoms with Crippen molar-refractivity contribution in [3.8, 4) is 0 Å². The monoisotopic (exact) mass is 321 g/mol. The van der Waals surface area contributed by atoms with Crippen LogP contribution in [0, 0.1) is 5.92 Å². The van der Waals surface area contributed by atoms with Crippen LogP contribution in [0.2, 0.25) is 0 Å². The quantitative estimate of drug-likeness (QED) is 0.770. The summed E-state index contributed by atoms with van der Waals surface area (Å²) in [6, 6.07) is 0. The van der Waals surface area contributed by atoms with Crippen molar-refractivity contribution >= 4 is 0 Å². The zero-order chi connectivity index (χ0) is 15.9. The molecule has 0 amide bonds. The van der Waals surface area contributed by atoms with E-state index in [0.717, 1.165) is 50.2 Å². The fraction of sp³-hybridized carbons (Fsp3) is 0.889. The molecule has 1 aromatic rings. The lowest BCUT2D eigenvalue weighted by molar-refractivity contribution is 0.0791. The number of ether oxygens (including phenoxy) is 1. The molecule has 0 bridgehead atoms. The molecule has 0 aromatic carbocycles. The zero-order valence-corrected chi connectivity index (χ0v) is 14.5. The summed E-state index contributed by atoms with van der Waals surface area (Å²) in [5.74, 6) is 2.86. The highest BCUT2D eigenvalue weighted by atomic mass is 16.5. The van der Waals surface area contributed by atoms with Crippen LogP contribution in [0.3, 0.4) is 0 Å². The summed E-state index contributed by atoms with van der Waals surface area (Å²) in [4.78, 5) is 2.64. The minimum atomic E-state index is 0.407. The van der Waals surface area contributed by atoms with Gasteiger partial charge in [-0.05, 0) is 57.5 Å². The second-order valence-corrected chi connectivity index (χ2v) is 7.12. The second kappa shape index (κ2) is 8.78. The van der Waals surface area contributed by atoms with Crippen LogP contribution in [0.15, 0.2) is 4.42 Å². The number of piperidine rings is 1. The predicted octanol–water partition coefficient (Wildman–Crippen LogP) is 3.41. The number of hydrogen-bond acceptors (Lipinski definition) is 5. The van der Waals surface area contributed by atoms with E-state index in [0.29, 0.717) is 5.92 Å². The molecule has 1 atom stereocenters. The van der Waals surface area contributed by atoms with Crippen LogP contribution >= 0.6 is 0 Å². The molecular formula is C18H31N3O2. The van der Waals surface area contributed by atoms with Crippen molar-refractivity contribution in [1.29, 1.82) is 0 Å². The maximum Gasteiger partial charge on any atom is 0.219 e. The summed E-state index contributed by atoms with van der Waals surface area (Å²) in [6.07, 6.45) is 9.44.